The van der Waals surface area contributed by atoms with Crippen molar-refractivity contribution in [2.45, 2.75) is 12.6 Å². The predicted octanol–water partition coefficient (Wildman–Crippen LogP) is 1.77. The summed E-state index contributed by atoms with van der Waals surface area (Å²) in [5.41, 5.74) is 1.90. The van der Waals surface area contributed by atoms with Gasteiger partial charge in [0.15, 0.2) is 0 Å². The van der Waals surface area contributed by atoms with Crippen LogP contribution in [-0.2, 0) is 11.3 Å². The van der Waals surface area contributed by atoms with Gasteiger partial charge in [-0.15, -0.1) is 0 Å². The molecule has 24 heavy (non-hydrogen) atoms. The van der Waals surface area contributed by atoms with Gasteiger partial charge in [0.05, 0.1) is 25.1 Å². The van der Waals surface area contributed by atoms with Gasteiger partial charge in [-0.25, -0.2) is 9.07 Å². The molecule has 2 saturated heterocycles. The lowest BCUT2D eigenvalue weighted by atomic mass is 10.1. The minimum atomic E-state index is -0.244. The largest absolute Gasteiger partial charge is 0.379 e. The number of nitrogens with zero attached hydrogens (tertiary/aromatic N) is 4. The second-order valence-corrected chi connectivity index (χ2v) is 6.98. The number of halogens is 1. The number of fused-ring (bicyclic) bond motifs is 3. The number of aromatic nitrogens is 2. The van der Waals surface area contributed by atoms with Gasteiger partial charge in [-0.05, 0) is 25.2 Å². The van der Waals surface area contributed by atoms with Gasteiger partial charge >= 0.3 is 0 Å². The summed E-state index contributed by atoms with van der Waals surface area (Å²) in [6.07, 6.45) is 3.87. The third kappa shape index (κ3) is 3.36. The number of likely N-dealkylation sites (N-methyl/N-ethyl adjacent to an activating group) is 1. The molecule has 2 atom stereocenters. The topological polar surface area (TPSA) is 33.5 Å². The van der Waals surface area contributed by atoms with Gasteiger partial charge < -0.3 is 9.64 Å². The lowest BCUT2D eigenvalue weighted by Crippen LogP contribution is -2.42. The Labute approximate surface area is 141 Å². The van der Waals surface area contributed by atoms with Crippen molar-refractivity contribution in [2.24, 2.45) is 5.92 Å². The van der Waals surface area contributed by atoms with Gasteiger partial charge in [-0.2, -0.15) is 5.10 Å². The van der Waals surface area contributed by atoms with Crippen molar-refractivity contribution in [3.63, 3.8) is 0 Å². The standard InChI is InChI=1S/C18H23FN4O/c1-21-7-15-9-22(18(11-21)13-24-12-15)8-14-6-20-23(10-14)17-4-2-3-16(19)5-17/h2-6,10,15,18H,7-9,11-13H2,1H3/t15-,18-/m0/s1. The Kier molecular flexibility index (Phi) is 4.35. The summed E-state index contributed by atoms with van der Waals surface area (Å²) in [6, 6.07) is 6.93. The zero-order chi connectivity index (χ0) is 16.5. The first-order valence-corrected chi connectivity index (χ1v) is 8.47. The van der Waals surface area contributed by atoms with E-state index < -0.39 is 0 Å². The van der Waals surface area contributed by atoms with Crippen LogP contribution in [0.5, 0.6) is 0 Å². The normalized spacial score (nSPS) is 25.6. The van der Waals surface area contributed by atoms with Gasteiger partial charge in [0.1, 0.15) is 5.82 Å². The summed E-state index contributed by atoms with van der Waals surface area (Å²) in [5, 5.41) is 4.40. The summed E-state index contributed by atoms with van der Waals surface area (Å²) in [7, 11) is 2.19. The van der Waals surface area contributed by atoms with Gasteiger partial charge in [-0.3, -0.25) is 4.90 Å². The van der Waals surface area contributed by atoms with Gasteiger partial charge in [0.2, 0.25) is 0 Å². The van der Waals surface area contributed by atoms with E-state index in [9.17, 15) is 4.39 Å². The van der Waals surface area contributed by atoms with Gasteiger partial charge in [0.25, 0.3) is 0 Å². The Morgan fingerprint density at radius 2 is 2.17 bits per heavy atom. The van der Waals surface area contributed by atoms with E-state index in [-0.39, 0.29) is 5.82 Å². The van der Waals surface area contributed by atoms with E-state index in [1.165, 1.54) is 12.1 Å². The fourth-order valence-corrected chi connectivity index (χ4v) is 3.79. The monoisotopic (exact) mass is 330 g/mol. The average Bonchev–Trinajstić information content (AvgIpc) is 2.85. The SMILES string of the molecule is CN1C[C@@H]2COC[C@H](C1)N(Cc1cnn(-c3cccc(F)c3)c1)C2. The predicted molar refractivity (Wildman–Crippen MR) is 89.5 cm³/mol. The average molecular weight is 330 g/mol. The van der Waals surface area contributed by atoms with E-state index >= 15 is 0 Å². The number of benzene rings is 1. The smallest absolute Gasteiger partial charge is 0.125 e. The molecule has 2 aliphatic heterocycles. The van der Waals surface area contributed by atoms with E-state index in [4.69, 9.17) is 4.74 Å². The van der Waals surface area contributed by atoms with Crippen LogP contribution in [0.1, 0.15) is 5.56 Å². The fourth-order valence-electron chi connectivity index (χ4n) is 3.79. The number of hydrogen-bond acceptors (Lipinski definition) is 4. The third-order valence-corrected chi connectivity index (χ3v) is 4.86. The lowest BCUT2D eigenvalue weighted by Gasteiger charge is -2.29. The fraction of sp³-hybridized carbons (Fsp3) is 0.500. The molecule has 0 aliphatic carbocycles. The van der Waals surface area contributed by atoms with Crippen molar-refractivity contribution >= 4 is 0 Å². The lowest BCUT2D eigenvalue weighted by molar-refractivity contribution is 0.0562. The summed E-state index contributed by atoms with van der Waals surface area (Å²) >= 11 is 0. The number of rotatable bonds is 3. The van der Waals surface area contributed by atoms with Crippen molar-refractivity contribution in [1.29, 1.82) is 0 Å². The molecule has 5 nitrogen and oxygen atoms in total. The third-order valence-electron chi connectivity index (χ3n) is 4.86. The summed E-state index contributed by atoms with van der Waals surface area (Å²) in [6.45, 7) is 5.68. The molecule has 2 bridgehead atoms. The molecular weight excluding hydrogens is 307 g/mol. The van der Waals surface area contributed by atoms with Crippen molar-refractivity contribution in [3.8, 4) is 5.69 Å². The molecule has 2 aliphatic rings. The van der Waals surface area contributed by atoms with E-state index in [0.717, 1.165) is 50.6 Å². The van der Waals surface area contributed by atoms with Crippen LogP contribution in [0.3, 0.4) is 0 Å². The van der Waals surface area contributed by atoms with E-state index in [2.05, 4.69) is 21.9 Å². The van der Waals surface area contributed by atoms with Gasteiger partial charge in [0, 0.05) is 49.9 Å². The van der Waals surface area contributed by atoms with Crippen molar-refractivity contribution < 1.29 is 9.13 Å². The first kappa shape index (κ1) is 15.7. The highest BCUT2D eigenvalue weighted by Gasteiger charge is 2.32. The Morgan fingerprint density at radius 1 is 1.25 bits per heavy atom. The van der Waals surface area contributed by atoms with Crippen molar-refractivity contribution in [3.05, 3.63) is 48.0 Å². The molecule has 0 saturated carbocycles. The maximum Gasteiger partial charge on any atom is 0.125 e. The second kappa shape index (κ2) is 6.63. The highest BCUT2D eigenvalue weighted by Crippen LogP contribution is 2.21. The molecule has 3 heterocycles. The Balaban J connectivity index is 1.51. The van der Waals surface area contributed by atoms with Crippen LogP contribution in [-0.4, -0.2) is 65.5 Å². The molecule has 2 aromatic rings. The molecule has 1 aromatic heterocycles. The zero-order valence-corrected chi connectivity index (χ0v) is 13.9. The Hall–Kier alpha value is -1.76. The Morgan fingerprint density at radius 3 is 3.04 bits per heavy atom. The molecule has 2 fully saturated rings. The van der Waals surface area contributed by atoms with Crippen LogP contribution in [0.25, 0.3) is 5.69 Å². The number of hydrogen-bond donors (Lipinski definition) is 0. The van der Waals surface area contributed by atoms with Crippen molar-refractivity contribution in [1.82, 2.24) is 19.6 Å². The van der Waals surface area contributed by atoms with Gasteiger partial charge in [-0.1, -0.05) is 6.07 Å². The van der Waals surface area contributed by atoms with E-state index in [1.54, 1.807) is 10.7 Å². The maximum atomic E-state index is 13.4. The molecule has 0 N–H and O–H groups in total. The first-order valence-electron chi connectivity index (χ1n) is 8.47. The van der Waals surface area contributed by atoms with Crippen LogP contribution in [0.4, 0.5) is 4.39 Å². The highest BCUT2D eigenvalue weighted by molar-refractivity contribution is 5.31. The number of ether oxygens (including phenoxy) is 1. The minimum absolute atomic E-state index is 0.244. The Bertz CT molecular complexity index is 704. The van der Waals surface area contributed by atoms with Crippen LogP contribution in [0.2, 0.25) is 0 Å². The summed E-state index contributed by atoms with van der Waals surface area (Å²) in [5.74, 6) is 0.312. The van der Waals surface area contributed by atoms with Crippen LogP contribution in [0, 0.1) is 11.7 Å². The van der Waals surface area contributed by atoms with Crippen LogP contribution < -0.4 is 0 Å². The van der Waals surface area contributed by atoms with Crippen LogP contribution in [0.15, 0.2) is 36.7 Å². The molecule has 6 heteroatoms. The maximum absolute atomic E-state index is 13.4. The molecule has 0 unspecified atom stereocenters. The quantitative estimate of drug-likeness (QED) is 0.859. The van der Waals surface area contributed by atoms with Crippen molar-refractivity contribution in [2.75, 3.05) is 39.9 Å². The van der Waals surface area contributed by atoms with Crippen LogP contribution >= 0.6 is 0 Å². The molecule has 1 aromatic carbocycles. The molecule has 128 valence electrons. The molecule has 0 amide bonds. The zero-order valence-electron chi connectivity index (χ0n) is 13.9. The second-order valence-electron chi connectivity index (χ2n) is 6.98. The molecular formula is C18H23FN4O. The minimum Gasteiger partial charge on any atom is -0.379 e. The molecule has 4 rings (SSSR count). The summed E-state index contributed by atoms with van der Waals surface area (Å²) < 4.78 is 21.0. The molecule has 0 radical (unpaired) electrons. The van der Waals surface area contributed by atoms with E-state index in [0.29, 0.717) is 12.0 Å². The highest BCUT2D eigenvalue weighted by atomic mass is 19.1. The first-order chi connectivity index (χ1) is 11.7. The summed E-state index contributed by atoms with van der Waals surface area (Å²) in [4.78, 5) is 4.92. The van der Waals surface area contributed by atoms with E-state index in [1.807, 2.05) is 18.5 Å². The molecule has 0 spiro atoms.